The summed E-state index contributed by atoms with van der Waals surface area (Å²) in [4.78, 5) is 4.42. The van der Waals surface area contributed by atoms with E-state index in [-0.39, 0.29) is 0 Å². The van der Waals surface area contributed by atoms with E-state index in [0.717, 1.165) is 42.6 Å². The van der Waals surface area contributed by atoms with Crippen molar-refractivity contribution in [2.24, 2.45) is 0 Å². The summed E-state index contributed by atoms with van der Waals surface area (Å²) in [5.41, 5.74) is 5.93. The Kier molecular flexibility index (Phi) is 6.40. The highest BCUT2D eigenvalue weighted by molar-refractivity contribution is 6.31. The molecular weight excluding hydrogens is 378 g/mol. The van der Waals surface area contributed by atoms with E-state index in [1.165, 1.54) is 16.7 Å². The summed E-state index contributed by atoms with van der Waals surface area (Å²) in [7, 11) is 0. The number of fused-ring (bicyclic) bond motifs is 1. The molecule has 4 aromatic rings. The molecule has 0 radical (unpaired) electrons. The molecule has 0 saturated carbocycles. The summed E-state index contributed by atoms with van der Waals surface area (Å²) in [5, 5.41) is 8.92. The molecule has 0 amide bonds. The molecule has 0 atom stereocenters. The van der Waals surface area contributed by atoms with Gasteiger partial charge in [0.05, 0.1) is 5.52 Å². The molecule has 0 bridgehead atoms. The van der Waals surface area contributed by atoms with E-state index in [0.29, 0.717) is 5.02 Å². The highest BCUT2D eigenvalue weighted by Gasteiger charge is 2.05. The third-order valence-corrected chi connectivity index (χ3v) is 5.28. The summed E-state index contributed by atoms with van der Waals surface area (Å²) in [6, 6.07) is 27.0. The fourth-order valence-corrected chi connectivity index (χ4v) is 3.64. The van der Waals surface area contributed by atoms with Crippen LogP contribution in [-0.2, 0) is 19.5 Å². The Bertz CT molecular complexity index is 1080. The van der Waals surface area contributed by atoms with E-state index in [1.807, 2.05) is 30.5 Å². The molecule has 0 aliphatic rings. The Labute approximate surface area is 176 Å². The summed E-state index contributed by atoms with van der Waals surface area (Å²) in [6.07, 6.45) is 2.85. The molecule has 0 unspecified atom stereocenters. The highest BCUT2D eigenvalue weighted by Crippen LogP contribution is 2.25. The first-order valence-corrected chi connectivity index (χ1v) is 10.3. The topological polar surface area (TPSA) is 37.0 Å². The van der Waals surface area contributed by atoms with Gasteiger partial charge in [-0.3, -0.25) is 4.98 Å². The predicted molar refractivity (Wildman–Crippen MR) is 122 cm³/mol. The molecule has 3 aromatic carbocycles. The van der Waals surface area contributed by atoms with Crippen LogP contribution in [0.4, 0.5) is 5.69 Å². The number of pyridine rings is 1. The van der Waals surface area contributed by atoms with E-state index in [2.05, 4.69) is 70.2 Å². The predicted octanol–water partition coefficient (Wildman–Crippen LogP) is 5.83. The van der Waals surface area contributed by atoms with Crippen molar-refractivity contribution in [1.82, 2.24) is 10.3 Å². The number of hydrogen-bond donors (Lipinski definition) is 2. The Morgan fingerprint density at radius 2 is 1.55 bits per heavy atom. The summed E-state index contributed by atoms with van der Waals surface area (Å²) in [5.74, 6) is 0. The summed E-state index contributed by atoms with van der Waals surface area (Å²) < 4.78 is 0. The van der Waals surface area contributed by atoms with Gasteiger partial charge in [0.15, 0.2) is 0 Å². The minimum absolute atomic E-state index is 0.703. The van der Waals surface area contributed by atoms with Gasteiger partial charge in [-0.25, -0.2) is 0 Å². The van der Waals surface area contributed by atoms with Crippen molar-refractivity contribution < 1.29 is 0 Å². The molecule has 29 heavy (non-hydrogen) atoms. The van der Waals surface area contributed by atoms with Crippen molar-refractivity contribution in [2.45, 2.75) is 19.5 Å². The van der Waals surface area contributed by atoms with Crippen LogP contribution in [0.15, 0.2) is 85.1 Å². The van der Waals surface area contributed by atoms with Gasteiger partial charge in [0.25, 0.3) is 0 Å². The van der Waals surface area contributed by atoms with Crippen LogP contribution in [0.2, 0.25) is 5.02 Å². The maximum absolute atomic E-state index is 6.10. The Hall–Kier alpha value is -2.88. The molecule has 4 heteroatoms. The maximum Gasteiger partial charge on any atom is 0.0737 e. The Balaban J connectivity index is 1.39. The number of nitrogens with one attached hydrogen (secondary N) is 2. The lowest BCUT2D eigenvalue weighted by Gasteiger charge is -2.14. The molecule has 0 fully saturated rings. The second-order valence-electron chi connectivity index (χ2n) is 7.05. The van der Waals surface area contributed by atoms with Crippen LogP contribution in [-0.4, -0.2) is 11.5 Å². The van der Waals surface area contributed by atoms with Gasteiger partial charge in [0.2, 0.25) is 0 Å². The summed E-state index contributed by atoms with van der Waals surface area (Å²) >= 11 is 6.10. The lowest BCUT2D eigenvalue weighted by molar-refractivity contribution is 0.683. The Morgan fingerprint density at radius 3 is 2.38 bits per heavy atom. The smallest absolute Gasteiger partial charge is 0.0737 e. The average Bonchev–Trinajstić information content (AvgIpc) is 2.76. The number of benzene rings is 3. The molecule has 0 spiro atoms. The van der Waals surface area contributed by atoms with E-state index >= 15 is 0 Å². The van der Waals surface area contributed by atoms with Crippen molar-refractivity contribution in [3.8, 4) is 0 Å². The Morgan fingerprint density at radius 1 is 0.793 bits per heavy atom. The van der Waals surface area contributed by atoms with Crippen LogP contribution in [0.3, 0.4) is 0 Å². The molecule has 3 nitrogen and oxygen atoms in total. The van der Waals surface area contributed by atoms with Crippen molar-refractivity contribution in [2.75, 3.05) is 11.9 Å². The third kappa shape index (κ3) is 5.14. The van der Waals surface area contributed by atoms with Crippen molar-refractivity contribution in [1.29, 1.82) is 0 Å². The second kappa shape index (κ2) is 9.55. The molecule has 1 aromatic heterocycles. The molecule has 4 rings (SSSR count). The first-order chi connectivity index (χ1) is 14.3. The lowest BCUT2D eigenvalue weighted by atomic mass is 10.1. The van der Waals surface area contributed by atoms with Gasteiger partial charge >= 0.3 is 0 Å². The van der Waals surface area contributed by atoms with Crippen molar-refractivity contribution in [3.05, 3.63) is 107 Å². The number of halogens is 1. The summed E-state index contributed by atoms with van der Waals surface area (Å²) in [6.45, 7) is 2.58. The fourth-order valence-electron chi connectivity index (χ4n) is 3.47. The SMILES string of the molecule is Clc1ccc2c(NCc3ccccc3CNCCc3ccccc3)ccnc2c1. The molecule has 0 aliphatic heterocycles. The minimum Gasteiger partial charge on any atom is -0.380 e. The largest absolute Gasteiger partial charge is 0.380 e. The monoisotopic (exact) mass is 401 g/mol. The number of hydrogen-bond acceptors (Lipinski definition) is 3. The molecule has 146 valence electrons. The van der Waals surface area contributed by atoms with Gasteiger partial charge in [-0.2, -0.15) is 0 Å². The van der Waals surface area contributed by atoms with E-state index in [9.17, 15) is 0 Å². The van der Waals surface area contributed by atoms with Crippen molar-refractivity contribution in [3.63, 3.8) is 0 Å². The maximum atomic E-state index is 6.10. The standard InChI is InChI=1S/C25H24ClN3/c26-22-10-11-23-24(13-15-28-25(23)16-22)29-18-21-9-5-4-8-20(21)17-27-14-12-19-6-2-1-3-7-19/h1-11,13,15-16,27H,12,14,17-18H2,(H,28,29). The van der Waals surface area contributed by atoms with Gasteiger partial charge in [0.1, 0.15) is 0 Å². The van der Waals surface area contributed by atoms with Crippen LogP contribution < -0.4 is 10.6 Å². The van der Waals surface area contributed by atoms with Crippen LogP contribution in [0.25, 0.3) is 10.9 Å². The third-order valence-electron chi connectivity index (χ3n) is 5.04. The lowest BCUT2D eigenvalue weighted by Crippen LogP contribution is -2.18. The number of rotatable bonds is 8. The van der Waals surface area contributed by atoms with E-state index in [4.69, 9.17) is 11.6 Å². The number of aromatic nitrogens is 1. The molecular formula is C25H24ClN3. The van der Waals surface area contributed by atoms with Crippen LogP contribution >= 0.6 is 11.6 Å². The van der Waals surface area contributed by atoms with E-state index in [1.54, 1.807) is 0 Å². The van der Waals surface area contributed by atoms with Crippen LogP contribution in [0.1, 0.15) is 16.7 Å². The molecule has 0 aliphatic carbocycles. The highest BCUT2D eigenvalue weighted by atomic mass is 35.5. The zero-order chi connectivity index (χ0) is 19.9. The first kappa shape index (κ1) is 19.4. The normalized spacial score (nSPS) is 10.9. The quantitative estimate of drug-likeness (QED) is 0.364. The van der Waals surface area contributed by atoms with Gasteiger partial charge in [-0.15, -0.1) is 0 Å². The van der Waals surface area contributed by atoms with Crippen LogP contribution in [0.5, 0.6) is 0 Å². The van der Waals surface area contributed by atoms with Crippen molar-refractivity contribution >= 4 is 28.2 Å². The zero-order valence-electron chi connectivity index (χ0n) is 16.2. The van der Waals surface area contributed by atoms with Gasteiger partial charge in [-0.1, -0.05) is 66.2 Å². The van der Waals surface area contributed by atoms with E-state index < -0.39 is 0 Å². The van der Waals surface area contributed by atoms with Gasteiger partial charge in [0, 0.05) is 35.4 Å². The molecule has 0 saturated heterocycles. The van der Waals surface area contributed by atoms with Gasteiger partial charge in [-0.05, 0) is 53.9 Å². The molecule has 1 heterocycles. The first-order valence-electron chi connectivity index (χ1n) is 9.89. The van der Waals surface area contributed by atoms with Crippen LogP contribution in [0, 0.1) is 0 Å². The fraction of sp³-hybridized carbons (Fsp3) is 0.160. The minimum atomic E-state index is 0.703. The van der Waals surface area contributed by atoms with Gasteiger partial charge < -0.3 is 10.6 Å². The average molecular weight is 402 g/mol. The molecule has 2 N–H and O–H groups in total. The zero-order valence-corrected chi connectivity index (χ0v) is 17.0. The number of nitrogens with zero attached hydrogens (tertiary/aromatic N) is 1. The second-order valence-corrected chi connectivity index (χ2v) is 7.49. The number of anilines is 1.